The van der Waals surface area contributed by atoms with E-state index in [0.29, 0.717) is 6.54 Å². The van der Waals surface area contributed by atoms with Crippen molar-refractivity contribution in [2.45, 2.75) is 45.4 Å². The Labute approximate surface area is 147 Å². The fourth-order valence-corrected chi connectivity index (χ4v) is 2.41. The quantitative estimate of drug-likeness (QED) is 0.840. The third kappa shape index (κ3) is 5.77. The molecule has 1 aliphatic heterocycles. The lowest BCUT2D eigenvalue weighted by Gasteiger charge is -2.35. The minimum absolute atomic E-state index is 0.125. The summed E-state index contributed by atoms with van der Waals surface area (Å²) in [6, 6.07) is 8.33. The molecular weight excluding hydrogens is 324 g/mol. The topological polar surface area (TPSA) is 84.9 Å². The van der Waals surface area contributed by atoms with Crippen molar-refractivity contribution in [1.82, 2.24) is 10.2 Å². The van der Waals surface area contributed by atoms with Crippen molar-refractivity contribution in [3.8, 4) is 0 Å². The van der Waals surface area contributed by atoms with Crippen LogP contribution >= 0.6 is 0 Å². The van der Waals surface area contributed by atoms with Gasteiger partial charge in [0, 0.05) is 13.1 Å². The SMILES string of the molecule is CC(C)(C)OC(=O)N1CCNC(=O)C1CC(=O)OCc1ccccc1. The van der Waals surface area contributed by atoms with E-state index in [2.05, 4.69) is 5.32 Å². The van der Waals surface area contributed by atoms with E-state index in [-0.39, 0.29) is 25.5 Å². The first-order chi connectivity index (χ1) is 11.8. The van der Waals surface area contributed by atoms with E-state index >= 15 is 0 Å². The summed E-state index contributed by atoms with van der Waals surface area (Å²) < 4.78 is 10.5. The summed E-state index contributed by atoms with van der Waals surface area (Å²) in [5.74, 6) is -0.923. The summed E-state index contributed by atoms with van der Waals surface area (Å²) in [5, 5.41) is 2.66. The first-order valence-electron chi connectivity index (χ1n) is 8.23. The van der Waals surface area contributed by atoms with Gasteiger partial charge >= 0.3 is 12.1 Å². The Morgan fingerprint density at radius 3 is 2.56 bits per heavy atom. The van der Waals surface area contributed by atoms with Crippen LogP contribution in [0.2, 0.25) is 0 Å². The molecule has 2 rings (SSSR count). The minimum atomic E-state index is -0.924. The molecule has 0 aromatic heterocycles. The molecule has 0 bridgehead atoms. The number of esters is 1. The van der Waals surface area contributed by atoms with E-state index in [1.807, 2.05) is 30.3 Å². The third-order valence-corrected chi connectivity index (χ3v) is 3.56. The van der Waals surface area contributed by atoms with E-state index in [1.165, 1.54) is 4.90 Å². The van der Waals surface area contributed by atoms with Gasteiger partial charge in [-0.15, -0.1) is 0 Å². The normalized spacial score (nSPS) is 17.6. The molecule has 1 unspecified atom stereocenters. The number of hydrogen-bond donors (Lipinski definition) is 1. The van der Waals surface area contributed by atoms with E-state index in [1.54, 1.807) is 20.8 Å². The van der Waals surface area contributed by atoms with Crippen molar-refractivity contribution < 1.29 is 23.9 Å². The van der Waals surface area contributed by atoms with E-state index in [0.717, 1.165) is 5.56 Å². The van der Waals surface area contributed by atoms with Crippen molar-refractivity contribution in [2.24, 2.45) is 0 Å². The van der Waals surface area contributed by atoms with Crippen LogP contribution in [0.3, 0.4) is 0 Å². The van der Waals surface area contributed by atoms with Crippen LogP contribution in [-0.2, 0) is 25.7 Å². The van der Waals surface area contributed by atoms with Gasteiger partial charge in [0.2, 0.25) is 5.91 Å². The van der Waals surface area contributed by atoms with Crippen LogP contribution in [0.1, 0.15) is 32.8 Å². The second-order valence-corrected chi connectivity index (χ2v) is 6.83. The van der Waals surface area contributed by atoms with Gasteiger partial charge < -0.3 is 14.8 Å². The van der Waals surface area contributed by atoms with Crippen molar-refractivity contribution in [3.05, 3.63) is 35.9 Å². The van der Waals surface area contributed by atoms with Gasteiger partial charge in [0.15, 0.2) is 0 Å². The number of benzene rings is 1. The van der Waals surface area contributed by atoms with E-state index < -0.39 is 23.7 Å². The van der Waals surface area contributed by atoms with Gasteiger partial charge in [0.25, 0.3) is 0 Å². The zero-order valence-corrected chi connectivity index (χ0v) is 14.8. The van der Waals surface area contributed by atoms with Crippen LogP contribution in [0.5, 0.6) is 0 Å². The molecule has 0 aliphatic carbocycles. The van der Waals surface area contributed by atoms with Gasteiger partial charge in [0.1, 0.15) is 18.2 Å². The first-order valence-corrected chi connectivity index (χ1v) is 8.23. The molecule has 1 atom stereocenters. The molecule has 1 aliphatic rings. The minimum Gasteiger partial charge on any atom is -0.461 e. The van der Waals surface area contributed by atoms with Gasteiger partial charge in [-0.25, -0.2) is 4.79 Å². The molecule has 0 saturated carbocycles. The van der Waals surface area contributed by atoms with Crippen LogP contribution in [0, 0.1) is 0 Å². The molecule has 0 radical (unpaired) electrons. The molecule has 0 spiro atoms. The molecule has 1 fully saturated rings. The highest BCUT2D eigenvalue weighted by molar-refractivity contribution is 5.90. The second-order valence-electron chi connectivity index (χ2n) is 6.83. The molecule has 1 N–H and O–H groups in total. The number of ether oxygens (including phenoxy) is 2. The lowest BCUT2D eigenvalue weighted by molar-refractivity contribution is -0.149. The number of carbonyl (C=O) groups excluding carboxylic acids is 3. The summed E-state index contributed by atoms with van der Waals surface area (Å²) in [7, 11) is 0. The summed E-state index contributed by atoms with van der Waals surface area (Å²) in [6.45, 7) is 5.99. The average Bonchev–Trinajstić information content (AvgIpc) is 2.54. The Morgan fingerprint density at radius 1 is 1.24 bits per heavy atom. The second kappa shape index (κ2) is 8.00. The highest BCUT2D eigenvalue weighted by Gasteiger charge is 2.37. The number of nitrogens with one attached hydrogen (secondary N) is 1. The standard InChI is InChI=1S/C18H24N2O5/c1-18(2,3)25-17(23)20-10-9-19-16(22)14(20)11-15(21)24-12-13-7-5-4-6-8-13/h4-8,14H,9-12H2,1-3H3,(H,19,22). The van der Waals surface area contributed by atoms with Crippen LogP contribution in [-0.4, -0.2) is 47.6 Å². The highest BCUT2D eigenvalue weighted by Crippen LogP contribution is 2.16. The molecule has 1 aromatic carbocycles. The van der Waals surface area contributed by atoms with Crippen LogP contribution in [0.4, 0.5) is 4.79 Å². The zero-order valence-electron chi connectivity index (χ0n) is 14.8. The fourth-order valence-electron chi connectivity index (χ4n) is 2.41. The summed E-state index contributed by atoms with van der Waals surface area (Å²) >= 11 is 0. The Kier molecular flexibility index (Phi) is 6.01. The smallest absolute Gasteiger partial charge is 0.411 e. The maximum Gasteiger partial charge on any atom is 0.411 e. The number of rotatable bonds is 4. The van der Waals surface area contributed by atoms with Crippen LogP contribution < -0.4 is 5.32 Å². The Bertz CT molecular complexity index is 624. The lowest BCUT2D eigenvalue weighted by atomic mass is 10.1. The monoisotopic (exact) mass is 348 g/mol. The maximum absolute atomic E-state index is 12.3. The number of hydrogen-bond acceptors (Lipinski definition) is 5. The average molecular weight is 348 g/mol. The summed E-state index contributed by atoms with van der Waals surface area (Å²) in [4.78, 5) is 37.8. The Balaban J connectivity index is 1.96. The molecule has 136 valence electrons. The van der Waals surface area contributed by atoms with Gasteiger partial charge in [0.05, 0.1) is 6.42 Å². The summed E-state index contributed by atoms with van der Waals surface area (Å²) in [6.07, 6.45) is -0.819. The van der Waals surface area contributed by atoms with Crippen molar-refractivity contribution in [3.63, 3.8) is 0 Å². The van der Waals surface area contributed by atoms with Gasteiger partial charge in [-0.3, -0.25) is 14.5 Å². The Morgan fingerprint density at radius 2 is 1.92 bits per heavy atom. The van der Waals surface area contributed by atoms with Gasteiger partial charge in [-0.05, 0) is 26.3 Å². The van der Waals surface area contributed by atoms with Crippen molar-refractivity contribution in [2.75, 3.05) is 13.1 Å². The number of piperazine rings is 1. The number of nitrogens with zero attached hydrogens (tertiary/aromatic N) is 1. The predicted octanol–water partition coefficient (Wildman–Crippen LogP) is 1.86. The molecular formula is C18H24N2O5. The van der Waals surface area contributed by atoms with Crippen molar-refractivity contribution in [1.29, 1.82) is 0 Å². The number of carbonyl (C=O) groups is 3. The fraction of sp³-hybridized carbons (Fsp3) is 0.500. The van der Waals surface area contributed by atoms with Gasteiger partial charge in [-0.2, -0.15) is 0 Å². The molecule has 25 heavy (non-hydrogen) atoms. The largest absolute Gasteiger partial charge is 0.461 e. The van der Waals surface area contributed by atoms with Crippen LogP contribution in [0.25, 0.3) is 0 Å². The molecule has 1 aromatic rings. The lowest BCUT2D eigenvalue weighted by Crippen LogP contribution is -2.58. The molecule has 2 amide bonds. The maximum atomic E-state index is 12.3. The van der Waals surface area contributed by atoms with Crippen LogP contribution in [0.15, 0.2) is 30.3 Å². The van der Waals surface area contributed by atoms with E-state index in [4.69, 9.17) is 9.47 Å². The summed E-state index contributed by atoms with van der Waals surface area (Å²) in [5.41, 5.74) is 0.177. The zero-order chi connectivity index (χ0) is 18.4. The van der Waals surface area contributed by atoms with Gasteiger partial charge in [-0.1, -0.05) is 30.3 Å². The first kappa shape index (κ1) is 18.8. The Hall–Kier alpha value is -2.57. The third-order valence-electron chi connectivity index (χ3n) is 3.56. The van der Waals surface area contributed by atoms with Crippen molar-refractivity contribution >= 4 is 18.0 Å². The number of amides is 2. The molecule has 7 nitrogen and oxygen atoms in total. The molecule has 1 heterocycles. The highest BCUT2D eigenvalue weighted by atomic mass is 16.6. The predicted molar refractivity (Wildman–Crippen MR) is 90.6 cm³/mol. The molecule has 1 saturated heterocycles. The molecule has 7 heteroatoms. The van der Waals surface area contributed by atoms with E-state index in [9.17, 15) is 14.4 Å².